The third-order valence-electron chi connectivity index (χ3n) is 8.09. The van der Waals surface area contributed by atoms with Crippen LogP contribution in [0.1, 0.15) is 40.7 Å². The molecule has 9 N–H and O–H groups in total. The first kappa shape index (κ1) is 38.7. The highest BCUT2D eigenvalue weighted by Gasteiger charge is 2.18. The molecule has 0 radical (unpaired) electrons. The summed E-state index contributed by atoms with van der Waals surface area (Å²) in [6.07, 6.45) is 6.15. The summed E-state index contributed by atoms with van der Waals surface area (Å²) in [5, 5.41) is 20.9. The van der Waals surface area contributed by atoms with Crippen LogP contribution in [0, 0.1) is 5.41 Å². The van der Waals surface area contributed by atoms with Crippen molar-refractivity contribution < 1.29 is 28.2 Å². The highest BCUT2D eigenvalue weighted by molar-refractivity contribution is 6.17. The summed E-state index contributed by atoms with van der Waals surface area (Å²) in [6, 6.07) is 5.18. The first-order chi connectivity index (χ1) is 25.9. The number of oxazole rings is 1. The molecule has 19 heteroatoms. The van der Waals surface area contributed by atoms with Gasteiger partial charge in [0.1, 0.15) is 23.5 Å². The van der Waals surface area contributed by atoms with Crippen molar-refractivity contribution in [2.45, 2.75) is 19.3 Å². The average Bonchev–Trinajstić information content (AvgIpc) is 3.56. The molecule has 0 aliphatic carbocycles. The lowest BCUT2D eigenvalue weighted by Crippen LogP contribution is -2.44. The third kappa shape index (κ3) is 12.0. The summed E-state index contributed by atoms with van der Waals surface area (Å²) < 4.78 is 21.8. The highest BCUT2D eigenvalue weighted by atomic mass is 16.5. The first-order valence-electron chi connectivity index (χ1n) is 17.5. The van der Waals surface area contributed by atoms with Crippen LogP contribution < -0.4 is 37.6 Å². The average molecular weight is 734 g/mol. The molecule has 0 unspecified atom stereocenters. The normalized spacial score (nSPS) is 12.9. The molecule has 1 aliphatic heterocycles. The van der Waals surface area contributed by atoms with Crippen LogP contribution in [0.25, 0.3) is 11.1 Å². The minimum absolute atomic E-state index is 0.0523. The number of amides is 2. The van der Waals surface area contributed by atoms with Crippen LogP contribution in [0.2, 0.25) is 0 Å². The summed E-state index contributed by atoms with van der Waals surface area (Å²) in [5.74, 6) is 0.910. The Labute approximate surface area is 306 Å². The van der Waals surface area contributed by atoms with Crippen molar-refractivity contribution in [3.63, 3.8) is 0 Å². The zero-order chi connectivity index (χ0) is 37.3. The molecule has 4 heterocycles. The first-order valence-corrected chi connectivity index (χ1v) is 17.5. The van der Waals surface area contributed by atoms with Gasteiger partial charge in [-0.15, -0.1) is 0 Å². The van der Waals surface area contributed by atoms with E-state index < -0.39 is 0 Å². The fraction of sp³-hybridized carbons (Fsp3) is 0.471. The number of nitrogens with one attached hydrogen (secondary N) is 5. The van der Waals surface area contributed by atoms with Crippen molar-refractivity contribution >= 4 is 52.2 Å². The zero-order valence-electron chi connectivity index (χ0n) is 29.6. The Morgan fingerprint density at radius 3 is 2.36 bits per heavy atom. The maximum absolute atomic E-state index is 12.3. The molecule has 1 aromatic carbocycles. The second-order valence-electron chi connectivity index (χ2n) is 11.9. The van der Waals surface area contributed by atoms with E-state index in [2.05, 4.69) is 51.1 Å². The predicted molar refractivity (Wildman–Crippen MR) is 198 cm³/mol. The molecule has 19 nitrogen and oxygen atoms in total. The van der Waals surface area contributed by atoms with Gasteiger partial charge in [0.25, 0.3) is 11.9 Å². The number of hydrogen-bond donors (Lipinski definition) is 7. The van der Waals surface area contributed by atoms with Gasteiger partial charge in [-0.25, -0.2) is 19.9 Å². The second-order valence-corrected chi connectivity index (χ2v) is 11.9. The Morgan fingerprint density at radius 2 is 1.58 bits per heavy atom. The maximum atomic E-state index is 12.3. The number of carbonyl (C=O) groups excluding carboxylic acids is 2. The van der Waals surface area contributed by atoms with E-state index in [1.165, 1.54) is 18.7 Å². The number of ether oxygens (including phenoxy) is 3. The molecule has 3 aromatic heterocycles. The number of piperazine rings is 1. The van der Waals surface area contributed by atoms with E-state index in [-0.39, 0.29) is 42.4 Å². The van der Waals surface area contributed by atoms with Crippen molar-refractivity contribution in [2.24, 2.45) is 0 Å². The quantitative estimate of drug-likeness (QED) is 0.0430. The molecule has 0 atom stereocenters. The van der Waals surface area contributed by atoms with Crippen LogP contribution in [0.5, 0.6) is 0 Å². The van der Waals surface area contributed by atoms with Crippen molar-refractivity contribution in [1.82, 2.24) is 40.9 Å². The third-order valence-corrected chi connectivity index (χ3v) is 8.09. The summed E-state index contributed by atoms with van der Waals surface area (Å²) in [6.45, 7) is 7.02. The number of nitrogen functional groups attached to an aromatic ring is 2. The molecule has 0 spiro atoms. The van der Waals surface area contributed by atoms with Crippen LogP contribution in [0.3, 0.4) is 0 Å². The molecule has 2 amide bonds. The standard InChI is InChI=1S/C34H47N13O6/c35-29(23-3-4-26-25(19-23)46-33(37)53-26)28-30(36)44-22-45-31(28)40-7-2-1-6-39-27(48)5-13-50-15-17-52-18-16-51-14-10-41-32(49)24-20-42-34(43-21-24)47-11-8-38-9-12-47/h3-4,19-22,35,38H,1-2,5-18H2,(H2,37,46)(H,39,48)(H,41,49)(H3,36,40,44,45). The molecule has 1 saturated heterocycles. The molecule has 4 aromatic rings. The number of hydrogen-bond acceptors (Lipinski definition) is 17. The van der Waals surface area contributed by atoms with Crippen LogP contribution in [-0.2, 0) is 19.0 Å². The summed E-state index contributed by atoms with van der Waals surface area (Å²) in [4.78, 5) is 47.7. The van der Waals surface area contributed by atoms with Gasteiger partial charge >= 0.3 is 0 Å². The monoisotopic (exact) mass is 733 g/mol. The fourth-order valence-corrected chi connectivity index (χ4v) is 5.31. The number of fused-ring (bicyclic) bond motifs is 1. The van der Waals surface area contributed by atoms with E-state index in [9.17, 15) is 9.59 Å². The lowest BCUT2D eigenvalue weighted by molar-refractivity contribution is -0.122. The summed E-state index contributed by atoms with van der Waals surface area (Å²) in [5.41, 5.74) is 14.3. The number of benzene rings is 1. The zero-order valence-corrected chi connectivity index (χ0v) is 29.6. The van der Waals surface area contributed by atoms with E-state index in [0.29, 0.717) is 92.2 Å². The minimum atomic E-state index is -0.249. The van der Waals surface area contributed by atoms with Crippen LogP contribution in [-0.4, -0.2) is 128 Å². The highest BCUT2D eigenvalue weighted by Crippen LogP contribution is 2.25. The topological polar surface area (TPSA) is 267 Å². The second kappa shape index (κ2) is 20.5. The lowest BCUT2D eigenvalue weighted by Gasteiger charge is -2.27. The Kier molecular flexibility index (Phi) is 15.0. The van der Waals surface area contributed by atoms with Crippen molar-refractivity contribution in [3.8, 4) is 0 Å². The number of unbranched alkanes of at least 4 members (excludes halogenated alkanes) is 1. The van der Waals surface area contributed by atoms with Gasteiger partial charge in [-0.05, 0) is 31.0 Å². The van der Waals surface area contributed by atoms with E-state index >= 15 is 0 Å². The number of nitrogens with two attached hydrogens (primary N) is 2. The van der Waals surface area contributed by atoms with Gasteiger partial charge in [-0.3, -0.25) is 15.0 Å². The summed E-state index contributed by atoms with van der Waals surface area (Å²) in [7, 11) is 0. The Balaban J connectivity index is 0.836. The minimum Gasteiger partial charge on any atom is -0.424 e. The van der Waals surface area contributed by atoms with E-state index in [1.54, 1.807) is 18.2 Å². The summed E-state index contributed by atoms with van der Waals surface area (Å²) >= 11 is 0. The van der Waals surface area contributed by atoms with Gasteiger partial charge in [-0.2, -0.15) is 4.98 Å². The fourth-order valence-electron chi connectivity index (χ4n) is 5.31. The van der Waals surface area contributed by atoms with E-state index in [4.69, 9.17) is 35.5 Å². The SMILES string of the molecule is N=C(c1ccc2oc(N)nc2c1)c1c(N)ncnc1NCCCCNC(=O)CCOCCOCCOCCNC(=O)c1cnc(N2CCNCC2)nc1. The van der Waals surface area contributed by atoms with Gasteiger partial charge in [0, 0.05) is 70.2 Å². The van der Waals surface area contributed by atoms with E-state index in [1.807, 2.05) is 0 Å². The molecule has 1 aliphatic rings. The number of anilines is 4. The molecule has 284 valence electrons. The van der Waals surface area contributed by atoms with Gasteiger partial charge in [0.15, 0.2) is 5.58 Å². The van der Waals surface area contributed by atoms with Gasteiger partial charge < -0.3 is 56.3 Å². The predicted octanol–water partition coefficient (Wildman–Crippen LogP) is 0.576. The van der Waals surface area contributed by atoms with Crippen LogP contribution >= 0.6 is 0 Å². The molecular weight excluding hydrogens is 686 g/mol. The van der Waals surface area contributed by atoms with Crippen molar-refractivity contribution in [3.05, 3.63) is 53.6 Å². The smallest absolute Gasteiger partial charge is 0.292 e. The molecule has 5 rings (SSSR count). The maximum Gasteiger partial charge on any atom is 0.292 e. The molecular formula is C34H47N13O6. The Hall–Kier alpha value is -5.50. The van der Waals surface area contributed by atoms with Gasteiger partial charge in [0.05, 0.1) is 56.5 Å². The van der Waals surface area contributed by atoms with Gasteiger partial charge in [-0.1, -0.05) is 0 Å². The molecule has 0 bridgehead atoms. The Morgan fingerprint density at radius 1 is 0.868 bits per heavy atom. The Bertz CT molecular complexity index is 1780. The van der Waals surface area contributed by atoms with Crippen LogP contribution in [0.15, 0.2) is 41.3 Å². The van der Waals surface area contributed by atoms with Crippen LogP contribution in [0.4, 0.5) is 23.6 Å². The molecule has 1 fully saturated rings. The van der Waals surface area contributed by atoms with Crippen molar-refractivity contribution in [1.29, 1.82) is 5.41 Å². The largest absolute Gasteiger partial charge is 0.424 e. The number of rotatable bonds is 22. The van der Waals surface area contributed by atoms with Crippen molar-refractivity contribution in [2.75, 3.05) is 107 Å². The number of carbonyl (C=O) groups is 2. The molecule has 53 heavy (non-hydrogen) atoms. The van der Waals surface area contributed by atoms with E-state index in [0.717, 1.165) is 39.0 Å². The van der Waals surface area contributed by atoms with Gasteiger partial charge in [0.2, 0.25) is 11.9 Å². The number of aromatic nitrogens is 5. The number of nitrogens with zero attached hydrogens (tertiary/aromatic N) is 6. The lowest BCUT2D eigenvalue weighted by atomic mass is 10.0. The molecule has 0 saturated carbocycles.